The van der Waals surface area contributed by atoms with Crippen LogP contribution in [-0.4, -0.2) is 12.6 Å². The Labute approximate surface area is 81.0 Å². The van der Waals surface area contributed by atoms with Gasteiger partial charge in [0.25, 0.3) is 0 Å². The highest BCUT2D eigenvalue weighted by Crippen LogP contribution is 2.11. The van der Waals surface area contributed by atoms with Crippen molar-refractivity contribution in [2.24, 2.45) is 11.8 Å². The summed E-state index contributed by atoms with van der Waals surface area (Å²) in [6.45, 7) is 12.1. The molecule has 0 radical (unpaired) electrons. The SMILES string of the molecule is C=C(C)CC(C)C(=O)OCC(C)C. The average molecular weight is 184 g/mol. The molecule has 0 bridgehead atoms. The summed E-state index contributed by atoms with van der Waals surface area (Å²) in [6.07, 6.45) is 0.719. The number of rotatable bonds is 5. The smallest absolute Gasteiger partial charge is 0.308 e. The van der Waals surface area contributed by atoms with Gasteiger partial charge in [-0.15, -0.1) is 6.58 Å². The van der Waals surface area contributed by atoms with Crippen LogP contribution in [0.1, 0.15) is 34.1 Å². The van der Waals surface area contributed by atoms with Crippen molar-refractivity contribution in [2.75, 3.05) is 6.61 Å². The number of hydrogen-bond acceptors (Lipinski definition) is 2. The van der Waals surface area contributed by atoms with E-state index in [2.05, 4.69) is 6.58 Å². The molecular weight excluding hydrogens is 164 g/mol. The Bertz CT molecular complexity index is 183. The van der Waals surface area contributed by atoms with E-state index in [1.165, 1.54) is 0 Å². The normalized spacial score (nSPS) is 12.7. The molecule has 0 fully saturated rings. The first-order valence-electron chi connectivity index (χ1n) is 4.74. The minimum atomic E-state index is -0.114. The van der Waals surface area contributed by atoms with Gasteiger partial charge in [-0.3, -0.25) is 4.79 Å². The maximum absolute atomic E-state index is 11.3. The van der Waals surface area contributed by atoms with Crippen molar-refractivity contribution in [3.63, 3.8) is 0 Å². The molecule has 2 nitrogen and oxygen atoms in total. The van der Waals surface area contributed by atoms with Gasteiger partial charge in [0.05, 0.1) is 12.5 Å². The Morgan fingerprint density at radius 3 is 2.31 bits per heavy atom. The minimum absolute atomic E-state index is 0.0590. The molecule has 1 atom stereocenters. The van der Waals surface area contributed by atoms with E-state index >= 15 is 0 Å². The van der Waals surface area contributed by atoms with Crippen LogP contribution in [0.15, 0.2) is 12.2 Å². The average Bonchev–Trinajstić information content (AvgIpc) is 1.98. The molecule has 1 unspecified atom stereocenters. The first-order chi connectivity index (χ1) is 5.93. The van der Waals surface area contributed by atoms with Crippen LogP contribution in [0.3, 0.4) is 0 Å². The zero-order chi connectivity index (χ0) is 10.4. The maximum Gasteiger partial charge on any atom is 0.308 e. The molecule has 0 aliphatic rings. The van der Waals surface area contributed by atoms with Gasteiger partial charge in [-0.1, -0.05) is 26.3 Å². The van der Waals surface area contributed by atoms with Gasteiger partial charge < -0.3 is 4.74 Å². The van der Waals surface area contributed by atoms with E-state index < -0.39 is 0 Å². The van der Waals surface area contributed by atoms with Crippen molar-refractivity contribution < 1.29 is 9.53 Å². The Kier molecular flexibility index (Phi) is 5.44. The van der Waals surface area contributed by atoms with Gasteiger partial charge in [0, 0.05) is 0 Å². The zero-order valence-electron chi connectivity index (χ0n) is 9.09. The van der Waals surface area contributed by atoms with Gasteiger partial charge >= 0.3 is 5.97 Å². The first-order valence-corrected chi connectivity index (χ1v) is 4.74. The van der Waals surface area contributed by atoms with Crippen molar-refractivity contribution in [1.82, 2.24) is 0 Å². The Hall–Kier alpha value is -0.790. The first kappa shape index (κ1) is 12.2. The van der Waals surface area contributed by atoms with Crippen molar-refractivity contribution in [1.29, 1.82) is 0 Å². The Balaban J connectivity index is 3.76. The monoisotopic (exact) mass is 184 g/mol. The lowest BCUT2D eigenvalue weighted by Crippen LogP contribution is -2.17. The quantitative estimate of drug-likeness (QED) is 0.485. The number of esters is 1. The van der Waals surface area contributed by atoms with Crippen LogP contribution in [0.4, 0.5) is 0 Å². The number of ether oxygens (including phenoxy) is 1. The Morgan fingerprint density at radius 1 is 1.38 bits per heavy atom. The van der Waals surface area contributed by atoms with Crippen LogP contribution < -0.4 is 0 Å². The van der Waals surface area contributed by atoms with E-state index in [-0.39, 0.29) is 11.9 Å². The van der Waals surface area contributed by atoms with Gasteiger partial charge in [0.1, 0.15) is 0 Å². The molecular formula is C11H20O2. The number of hydrogen-bond donors (Lipinski definition) is 0. The summed E-state index contributed by atoms with van der Waals surface area (Å²) < 4.78 is 5.09. The molecule has 0 aromatic carbocycles. The maximum atomic E-state index is 11.3. The van der Waals surface area contributed by atoms with E-state index in [0.717, 1.165) is 12.0 Å². The molecule has 76 valence electrons. The van der Waals surface area contributed by atoms with E-state index in [4.69, 9.17) is 4.74 Å². The molecule has 0 aromatic heterocycles. The van der Waals surface area contributed by atoms with Gasteiger partial charge in [-0.05, 0) is 19.3 Å². The fourth-order valence-corrected chi connectivity index (χ4v) is 0.997. The van der Waals surface area contributed by atoms with Crippen LogP contribution in [0.25, 0.3) is 0 Å². The van der Waals surface area contributed by atoms with Crippen molar-refractivity contribution >= 4 is 5.97 Å². The molecule has 0 rings (SSSR count). The van der Waals surface area contributed by atoms with Crippen LogP contribution in [0, 0.1) is 11.8 Å². The Morgan fingerprint density at radius 2 is 1.92 bits per heavy atom. The topological polar surface area (TPSA) is 26.3 Å². The minimum Gasteiger partial charge on any atom is -0.465 e. The fraction of sp³-hybridized carbons (Fsp3) is 0.727. The third kappa shape index (κ3) is 6.38. The molecule has 13 heavy (non-hydrogen) atoms. The summed E-state index contributed by atoms with van der Waals surface area (Å²) in [7, 11) is 0. The van der Waals surface area contributed by atoms with Crippen molar-refractivity contribution in [2.45, 2.75) is 34.1 Å². The summed E-state index contributed by atoms with van der Waals surface area (Å²) in [5.41, 5.74) is 1.02. The lowest BCUT2D eigenvalue weighted by Gasteiger charge is -2.12. The standard InChI is InChI=1S/C11H20O2/c1-8(2)6-10(5)11(12)13-7-9(3)4/h9-10H,1,6-7H2,2-5H3. The lowest BCUT2D eigenvalue weighted by molar-refractivity contribution is -0.148. The third-order valence-electron chi connectivity index (χ3n) is 1.62. The number of allylic oxidation sites excluding steroid dienone is 1. The van der Waals surface area contributed by atoms with E-state index in [0.29, 0.717) is 12.5 Å². The molecule has 0 aromatic rings. The summed E-state index contributed by atoms with van der Waals surface area (Å²) in [5, 5.41) is 0. The van der Waals surface area contributed by atoms with E-state index in [1.807, 2.05) is 27.7 Å². The summed E-state index contributed by atoms with van der Waals surface area (Å²) in [5.74, 6) is 0.230. The lowest BCUT2D eigenvalue weighted by atomic mass is 10.0. The summed E-state index contributed by atoms with van der Waals surface area (Å²) in [4.78, 5) is 11.3. The molecule has 2 heteroatoms. The molecule has 0 aliphatic heterocycles. The van der Waals surface area contributed by atoms with Crippen LogP contribution in [0.2, 0.25) is 0 Å². The van der Waals surface area contributed by atoms with Crippen molar-refractivity contribution in [3.05, 3.63) is 12.2 Å². The highest BCUT2D eigenvalue weighted by atomic mass is 16.5. The van der Waals surface area contributed by atoms with Gasteiger partial charge in [0.15, 0.2) is 0 Å². The molecule has 0 spiro atoms. The zero-order valence-corrected chi connectivity index (χ0v) is 9.09. The predicted octanol–water partition coefficient (Wildman–Crippen LogP) is 2.79. The summed E-state index contributed by atoms with van der Waals surface area (Å²) >= 11 is 0. The largest absolute Gasteiger partial charge is 0.465 e. The van der Waals surface area contributed by atoms with E-state index in [1.54, 1.807) is 0 Å². The number of carbonyl (C=O) groups excluding carboxylic acids is 1. The second-order valence-corrected chi connectivity index (χ2v) is 4.09. The summed E-state index contributed by atoms with van der Waals surface area (Å²) in [6, 6.07) is 0. The van der Waals surface area contributed by atoms with Crippen molar-refractivity contribution in [3.8, 4) is 0 Å². The highest BCUT2D eigenvalue weighted by molar-refractivity contribution is 5.72. The molecule has 0 heterocycles. The second kappa shape index (κ2) is 5.79. The molecule has 0 saturated carbocycles. The van der Waals surface area contributed by atoms with Gasteiger partial charge in [0.2, 0.25) is 0 Å². The van der Waals surface area contributed by atoms with E-state index in [9.17, 15) is 4.79 Å². The van der Waals surface area contributed by atoms with Crippen LogP contribution in [0.5, 0.6) is 0 Å². The second-order valence-electron chi connectivity index (χ2n) is 4.09. The van der Waals surface area contributed by atoms with Gasteiger partial charge in [-0.25, -0.2) is 0 Å². The molecule has 0 amide bonds. The molecule has 0 aliphatic carbocycles. The number of carbonyl (C=O) groups is 1. The van der Waals surface area contributed by atoms with Crippen LogP contribution >= 0.6 is 0 Å². The van der Waals surface area contributed by atoms with Crippen LogP contribution in [-0.2, 0) is 9.53 Å². The third-order valence-corrected chi connectivity index (χ3v) is 1.62. The van der Waals surface area contributed by atoms with Gasteiger partial charge in [-0.2, -0.15) is 0 Å². The molecule has 0 N–H and O–H groups in total. The predicted molar refractivity (Wildman–Crippen MR) is 54.4 cm³/mol. The molecule has 0 saturated heterocycles. The highest BCUT2D eigenvalue weighted by Gasteiger charge is 2.14. The fourth-order valence-electron chi connectivity index (χ4n) is 0.997.